The molecule has 1 aliphatic carbocycles. The molecule has 2 aromatic carbocycles. The summed E-state index contributed by atoms with van der Waals surface area (Å²) in [5.74, 6) is 2.81. The Morgan fingerprint density at radius 2 is 1.73 bits per heavy atom. The van der Waals surface area contributed by atoms with E-state index in [0.29, 0.717) is 16.1 Å². The van der Waals surface area contributed by atoms with Crippen LogP contribution in [0.15, 0.2) is 42.5 Å². The zero-order chi connectivity index (χ0) is 23.2. The summed E-state index contributed by atoms with van der Waals surface area (Å²) in [6, 6.07) is 14.8. The van der Waals surface area contributed by atoms with Crippen molar-refractivity contribution in [2.45, 2.75) is 57.4 Å². The van der Waals surface area contributed by atoms with Crippen molar-refractivity contribution in [2.75, 3.05) is 25.5 Å². The molecule has 3 aromatic rings. The van der Waals surface area contributed by atoms with Gasteiger partial charge in [-0.25, -0.2) is 9.97 Å². The third-order valence-corrected chi connectivity index (χ3v) is 7.48. The first-order valence-corrected chi connectivity index (χ1v) is 12.9. The summed E-state index contributed by atoms with van der Waals surface area (Å²) in [4.78, 5) is 11.8. The predicted octanol–water partition coefficient (Wildman–Crippen LogP) is 6.72. The van der Waals surface area contributed by atoms with Gasteiger partial charge in [-0.3, -0.25) is 0 Å². The number of benzene rings is 2. The fourth-order valence-electron chi connectivity index (χ4n) is 4.88. The molecule has 0 radical (unpaired) electrons. The van der Waals surface area contributed by atoms with E-state index in [4.69, 9.17) is 33.2 Å². The van der Waals surface area contributed by atoms with Crippen LogP contribution in [0.2, 0.25) is 10.0 Å². The number of aryl methyl sites for hydroxylation is 1. The molecule has 0 bridgehead atoms. The van der Waals surface area contributed by atoms with Gasteiger partial charge in [0.25, 0.3) is 0 Å². The highest BCUT2D eigenvalue weighted by Crippen LogP contribution is 2.29. The number of anilines is 1. The lowest BCUT2D eigenvalue weighted by Crippen LogP contribution is -2.34. The lowest BCUT2D eigenvalue weighted by atomic mass is 9.83. The molecule has 0 atom stereocenters. The zero-order valence-electron chi connectivity index (χ0n) is 19.7. The maximum Gasteiger partial charge on any atom is 0.139 e. The van der Waals surface area contributed by atoms with Crippen molar-refractivity contribution in [1.29, 1.82) is 0 Å². The molecule has 6 heteroatoms. The number of nitrogens with zero attached hydrogens (tertiary/aromatic N) is 3. The van der Waals surface area contributed by atoms with Gasteiger partial charge in [-0.2, -0.15) is 0 Å². The molecule has 33 heavy (non-hydrogen) atoms. The molecule has 1 N–H and O–H groups in total. The Hall–Kier alpha value is -1.88. The van der Waals surface area contributed by atoms with Crippen molar-refractivity contribution in [3.8, 4) is 0 Å². The van der Waals surface area contributed by atoms with Gasteiger partial charge in [-0.15, -0.1) is 0 Å². The summed E-state index contributed by atoms with van der Waals surface area (Å²) < 4.78 is 0. The molecule has 1 fully saturated rings. The van der Waals surface area contributed by atoms with E-state index in [1.807, 2.05) is 12.1 Å². The maximum absolute atomic E-state index is 6.12. The number of rotatable bonds is 9. The van der Waals surface area contributed by atoms with Crippen LogP contribution in [0.1, 0.15) is 49.9 Å². The Labute approximate surface area is 207 Å². The molecule has 1 saturated carbocycles. The summed E-state index contributed by atoms with van der Waals surface area (Å²) in [5.41, 5.74) is 2.28. The first kappa shape index (κ1) is 24.3. The highest BCUT2D eigenvalue weighted by molar-refractivity contribution is 6.42. The summed E-state index contributed by atoms with van der Waals surface area (Å²) in [5, 5.41) is 6.12. The Balaban J connectivity index is 1.19. The van der Waals surface area contributed by atoms with Crippen LogP contribution in [0.3, 0.4) is 0 Å². The molecular formula is C27H34Cl2N4. The Kier molecular flexibility index (Phi) is 8.45. The summed E-state index contributed by atoms with van der Waals surface area (Å²) in [6.07, 6.45) is 9.52. The summed E-state index contributed by atoms with van der Waals surface area (Å²) in [7, 11) is 4.10. The van der Waals surface area contributed by atoms with Crippen LogP contribution in [0, 0.1) is 5.92 Å². The normalized spacial score (nSPS) is 18.5. The fourth-order valence-corrected chi connectivity index (χ4v) is 5.20. The van der Waals surface area contributed by atoms with Crippen molar-refractivity contribution in [3.63, 3.8) is 0 Å². The Morgan fingerprint density at radius 1 is 0.939 bits per heavy atom. The largest absolute Gasteiger partial charge is 0.362 e. The van der Waals surface area contributed by atoms with E-state index in [1.165, 1.54) is 37.7 Å². The van der Waals surface area contributed by atoms with Crippen LogP contribution in [0.25, 0.3) is 10.9 Å². The minimum absolute atomic E-state index is 0.622. The number of aromatic nitrogens is 2. The van der Waals surface area contributed by atoms with Crippen molar-refractivity contribution in [3.05, 3.63) is 63.9 Å². The number of halogens is 2. The lowest BCUT2D eigenvalue weighted by Gasteiger charge is -2.29. The predicted molar refractivity (Wildman–Crippen MR) is 141 cm³/mol. The average Bonchev–Trinajstić information content (AvgIpc) is 2.82. The number of fused-ring (bicyclic) bond motifs is 1. The van der Waals surface area contributed by atoms with Crippen LogP contribution in [0.5, 0.6) is 0 Å². The van der Waals surface area contributed by atoms with E-state index in [2.05, 4.69) is 54.6 Å². The third-order valence-electron chi connectivity index (χ3n) is 6.74. The van der Waals surface area contributed by atoms with Crippen LogP contribution in [-0.4, -0.2) is 36.6 Å². The molecule has 1 aromatic heterocycles. The van der Waals surface area contributed by atoms with E-state index >= 15 is 0 Å². The van der Waals surface area contributed by atoms with Gasteiger partial charge in [-0.05, 0) is 80.8 Å². The van der Waals surface area contributed by atoms with Gasteiger partial charge in [0.2, 0.25) is 0 Å². The number of hydrogen-bond donors (Lipinski definition) is 1. The monoisotopic (exact) mass is 484 g/mol. The first-order chi connectivity index (χ1) is 16.0. The second-order valence-electron chi connectivity index (χ2n) is 9.44. The summed E-state index contributed by atoms with van der Waals surface area (Å²) in [6.45, 7) is 0.987. The topological polar surface area (TPSA) is 41.1 Å². The SMILES string of the molecule is CN(C)c1nc(CCCC2CCC(NCCc3ccc(Cl)c(Cl)c3)CC2)nc2ccccc12. The molecule has 0 amide bonds. The van der Waals surface area contributed by atoms with E-state index in [1.54, 1.807) is 0 Å². The highest BCUT2D eigenvalue weighted by atomic mass is 35.5. The van der Waals surface area contributed by atoms with Crippen molar-refractivity contribution in [1.82, 2.24) is 15.3 Å². The van der Waals surface area contributed by atoms with Gasteiger partial charge >= 0.3 is 0 Å². The van der Waals surface area contributed by atoms with Crippen LogP contribution in [-0.2, 0) is 12.8 Å². The zero-order valence-corrected chi connectivity index (χ0v) is 21.2. The molecule has 4 rings (SSSR count). The van der Waals surface area contributed by atoms with E-state index < -0.39 is 0 Å². The molecule has 0 unspecified atom stereocenters. The molecule has 1 aliphatic rings. The summed E-state index contributed by atoms with van der Waals surface area (Å²) >= 11 is 12.1. The van der Waals surface area contributed by atoms with Gasteiger partial charge in [0.1, 0.15) is 11.6 Å². The molecule has 1 heterocycles. The van der Waals surface area contributed by atoms with Crippen molar-refractivity contribution >= 4 is 39.9 Å². The first-order valence-electron chi connectivity index (χ1n) is 12.1. The molecule has 4 nitrogen and oxygen atoms in total. The lowest BCUT2D eigenvalue weighted by molar-refractivity contribution is 0.277. The second-order valence-corrected chi connectivity index (χ2v) is 10.3. The van der Waals surface area contributed by atoms with Gasteiger partial charge < -0.3 is 10.2 Å². The van der Waals surface area contributed by atoms with Crippen molar-refractivity contribution < 1.29 is 0 Å². The number of para-hydroxylation sites is 1. The minimum atomic E-state index is 0.622. The Morgan fingerprint density at radius 3 is 2.48 bits per heavy atom. The highest BCUT2D eigenvalue weighted by Gasteiger charge is 2.20. The molecule has 0 aliphatic heterocycles. The molecular weight excluding hydrogens is 451 g/mol. The van der Waals surface area contributed by atoms with Crippen LogP contribution >= 0.6 is 23.2 Å². The van der Waals surface area contributed by atoms with Crippen molar-refractivity contribution in [2.24, 2.45) is 5.92 Å². The molecule has 176 valence electrons. The van der Waals surface area contributed by atoms with E-state index in [0.717, 1.165) is 54.3 Å². The molecule has 0 saturated heterocycles. The second kappa shape index (κ2) is 11.5. The van der Waals surface area contributed by atoms with Gasteiger partial charge in [0, 0.05) is 31.9 Å². The van der Waals surface area contributed by atoms with Crippen LogP contribution in [0.4, 0.5) is 5.82 Å². The van der Waals surface area contributed by atoms with E-state index in [9.17, 15) is 0 Å². The smallest absolute Gasteiger partial charge is 0.139 e. The minimum Gasteiger partial charge on any atom is -0.362 e. The maximum atomic E-state index is 6.12. The van der Waals surface area contributed by atoms with Crippen LogP contribution < -0.4 is 10.2 Å². The Bertz CT molecular complexity index is 1060. The quantitative estimate of drug-likeness (QED) is 0.366. The third kappa shape index (κ3) is 6.59. The number of hydrogen-bond acceptors (Lipinski definition) is 4. The average molecular weight is 486 g/mol. The number of nitrogens with one attached hydrogen (secondary N) is 1. The van der Waals surface area contributed by atoms with Gasteiger partial charge in [0.05, 0.1) is 15.6 Å². The standard InChI is InChI=1S/C27H34Cl2N4/c1-33(2)27-22-7-3-4-8-25(22)31-26(32-27)9-5-6-19-10-13-21(14-11-19)30-17-16-20-12-15-23(28)24(29)18-20/h3-4,7-8,12,15,18-19,21,30H,5-6,9-11,13-14,16-17H2,1-2H3. The molecule has 0 spiro atoms. The van der Waals surface area contributed by atoms with E-state index in [-0.39, 0.29) is 0 Å². The van der Waals surface area contributed by atoms with Gasteiger partial charge in [-0.1, -0.05) is 47.8 Å². The van der Waals surface area contributed by atoms with Gasteiger partial charge in [0.15, 0.2) is 0 Å². The fraction of sp³-hybridized carbons (Fsp3) is 0.481.